The third-order valence-electron chi connectivity index (χ3n) is 5.52. The first-order valence-electron chi connectivity index (χ1n) is 9.84. The molecular weight excluding hydrogens is 424 g/mol. The highest BCUT2D eigenvalue weighted by atomic mass is 19.4. The minimum absolute atomic E-state index is 0.0673. The molecule has 0 spiro atoms. The molecule has 0 bridgehead atoms. The van der Waals surface area contributed by atoms with Gasteiger partial charge in [-0.05, 0) is 32.5 Å². The number of likely N-dealkylation sites (N-methyl/N-ethyl adjacent to an activating group) is 1. The van der Waals surface area contributed by atoms with Crippen molar-refractivity contribution in [1.29, 1.82) is 0 Å². The quantitative estimate of drug-likeness (QED) is 0.551. The maximum absolute atomic E-state index is 13.5. The van der Waals surface area contributed by atoms with Gasteiger partial charge in [0.25, 0.3) is 0 Å². The van der Waals surface area contributed by atoms with Gasteiger partial charge in [-0.2, -0.15) is 26.3 Å². The third kappa shape index (κ3) is 4.15. The van der Waals surface area contributed by atoms with Gasteiger partial charge < -0.3 is 9.80 Å². The number of halogens is 6. The zero-order valence-corrected chi connectivity index (χ0v) is 16.9. The lowest BCUT2D eigenvalue weighted by molar-refractivity contribution is -0.162. The van der Waals surface area contributed by atoms with Gasteiger partial charge in [0.2, 0.25) is 0 Å². The highest BCUT2D eigenvalue weighted by Crippen LogP contribution is 2.47. The fourth-order valence-corrected chi connectivity index (χ4v) is 3.84. The summed E-state index contributed by atoms with van der Waals surface area (Å²) in [5.41, 5.74) is -3.70. The lowest BCUT2D eigenvalue weighted by Crippen LogP contribution is -2.52. The summed E-state index contributed by atoms with van der Waals surface area (Å²) in [6.45, 7) is 4.49. The zero-order valence-electron chi connectivity index (χ0n) is 16.9. The van der Waals surface area contributed by atoms with E-state index in [1.807, 2.05) is 18.9 Å². The number of piperazine rings is 1. The second-order valence-corrected chi connectivity index (χ2v) is 7.90. The SMILES string of the molecule is CC1CC=CN2C(=N1)C(N1CCN(C)CC1)=Nc1cc(C(F)(F)F)c(C(F)(F)F)cc12. The van der Waals surface area contributed by atoms with E-state index in [1.54, 1.807) is 12.3 Å². The summed E-state index contributed by atoms with van der Waals surface area (Å²) < 4.78 is 80.9. The summed E-state index contributed by atoms with van der Waals surface area (Å²) in [7, 11) is 1.96. The molecule has 0 amide bonds. The predicted octanol–water partition coefficient (Wildman–Crippen LogP) is 4.53. The molecule has 11 heteroatoms. The van der Waals surface area contributed by atoms with Gasteiger partial charge in [-0.25, -0.2) is 4.99 Å². The molecule has 1 saturated heterocycles. The number of fused-ring (bicyclic) bond motifs is 3. The lowest BCUT2D eigenvalue weighted by atomic mass is 10.0. The monoisotopic (exact) mass is 445 g/mol. The molecule has 168 valence electrons. The molecule has 0 aromatic heterocycles. The van der Waals surface area contributed by atoms with Crippen molar-refractivity contribution in [2.45, 2.75) is 31.7 Å². The van der Waals surface area contributed by atoms with Gasteiger partial charge in [-0.1, -0.05) is 6.08 Å². The molecule has 1 fully saturated rings. The van der Waals surface area contributed by atoms with Crippen molar-refractivity contribution >= 4 is 23.0 Å². The van der Waals surface area contributed by atoms with Crippen molar-refractivity contribution in [2.75, 3.05) is 38.1 Å². The maximum Gasteiger partial charge on any atom is 0.417 e. The predicted molar refractivity (Wildman–Crippen MR) is 106 cm³/mol. The Bertz CT molecular complexity index is 954. The summed E-state index contributed by atoms with van der Waals surface area (Å²) in [5, 5.41) is 0. The van der Waals surface area contributed by atoms with Crippen molar-refractivity contribution in [3.05, 3.63) is 35.5 Å². The number of nitrogens with zero attached hydrogens (tertiary/aromatic N) is 5. The largest absolute Gasteiger partial charge is 0.417 e. The first kappa shape index (κ1) is 21.7. The lowest BCUT2D eigenvalue weighted by Gasteiger charge is -2.39. The molecule has 3 heterocycles. The normalized spacial score (nSPS) is 22.5. The van der Waals surface area contributed by atoms with E-state index in [-0.39, 0.29) is 17.4 Å². The molecule has 5 nitrogen and oxygen atoms in total. The second-order valence-electron chi connectivity index (χ2n) is 7.90. The number of benzene rings is 1. The van der Waals surface area contributed by atoms with Crippen LogP contribution in [0.25, 0.3) is 0 Å². The standard InChI is InChI=1S/C20H21F6N5/c1-12-4-3-5-31-16-11-14(20(24,25)26)13(19(21,22)23)10-15(16)28-17(18(31)27-12)30-8-6-29(2)7-9-30/h3,5,10-12H,4,6-9H2,1-2H3. The fraction of sp³-hybridized carbons (Fsp3) is 0.500. The van der Waals surface area contributed by atoms with Crippen molar-refractivity contribution < 1.29 is 26.3 Å². The highest BCUT2D eigenvalue weighted by Gasteiger charge is 2.45. The molecule has 3 aliphatic heterocycles. The van der Waals surface area contributed by atoms with Gasteiger partial charge in [0, 0.05) is 32.4 Å². The van der Waals surface area contributed by atoms with Gasteiger partial charge in [0.05, 0.1) is 28.5 Å². The smallest absolute Gasteiger partial charge is 0.351 e. The topological polar surface area (TPSA) is 34.4 Å². The Morgan fingerprint density at radius 3 is 2.13 bits per heavy atom. The molecule has 1 aromatic carbocycles. The van der Waals surface area contributed by atoms with E-state index < -0.39 is 23.5 Å². The Morgan fingerprint density at radius 1 is 0.903 bits per heavy atom. The molecule has 0 saturated carbocycles. The van der Waals surface area contributed by atoms with Crippen LogP contribution in [0.1, 0.15) is 24.5 Å². The molecule has 0 N–H and O–H groups in total. The second kappa shape index (κ2) is 7.54. The molecule has 1 aromatic rings. The molecular formula is C20H21F6N5. The van der Waals surface area contributed by atoms with E-state index in [9.17, 15) is 26.3 Å². The van der Waals surface area contributed by atoms with Gasteiger partial charge >= 0.3 is 12.4 Å². The van der Waals surface area contributed by atoms with Gasteiger partial charge in [-0.3, -0.25) is 9.89 Å². The van der Waals surface area contributed by atoms with Crippen LogP contribution < -0.4 is 4.90 Å². The van der Waals surface area contributed by atoms with Crippen molar-refractivity contribution in [3.63, 3.8) is 0 Å². The Kier molecular flexibility index (Phi) is 5.27. The molecule has 0 radical (unpaired) electrons. The van der Waals surface area contributed by atoms with E-state index >= 15 is 0 Å². The van der Waals surface area contributed by atoms with Gasteiger partial charge in [-0.15, -0.1) is 0 Å². The van der Waals surface area contributed by atoms with E-state index in [0.717, 1.165) is 13.1 Å². The van der Waals surface area contributed by atoms with E-state index in [1.165, 1.54) is 4.90 Å². The van der Waals surface area contributed by atoms with Gasteiger partial charge in [0.15, 0.2) is 11.7 Å². The average molecular weight is 445 g/mol. The molecule has 1 unspecified atom stereocenters. The van der Waals surface area contributed by atoms with Crippen molar-refractivity contribution in [1.82, 2.24) is 9.80 Å². The molecule has 3 aliphatic rings. The summed E-state index contributed by atoms with van der Waals surface area (Å²) >= 11 is 0. The van der Waals surface area contributed by atoms with Crippen LogP contribution in [0.2, 0.25) is 0 Å². The van der Waals surface area contributed by atoms with Crippen LogP contribution in [-0.2, 0) is 12.4 Å². The molecule has 31 heavy (non-hydrogen) atoms. The summed E-state index contributed by atoms with van der Waals surface area (Å²) in [4.78, 5) is 14.5. The number of aliphatic imine (C=N–C) groups is 2. The zero-order chi connectivity index (χ0) is 22.6. The highest BCUT2D eigenvalue weighted by molar-refractivity contribution is 6.47. The van der Waals surface area contributed by atoms with Crippen LogP contribution in [0.3, 0.4) is 0 Å². The number of amidine groups is 2. The van der Waals surface area contributed by atoms with Crippen LogP contribution in [0.4, 0.5) is 37.7 Å². The van der Waals surface area contributed by atoms with Crippen LogP contribution in [0.5, 0.6) is 0 Å². The number of rotatable bonds is 0. The maximum atomic E-state index is 13.5. The Labute approximate surface area is 175 Å². The van der Waals surface area contributed by atoms with Gasteiger partial charge in [0.1, 0.15) is 0 Å². The Hall–Kier alpha value is -2.56. The number of alkyl halides is 6. The number of anilines is 1. The molecule has 4 rings (SSSR count). The first-order chi connectivity index (χ1) is 14.4. The van der Waals surface area contributed by atoms with Crippen LogP contribution in [0, 0.1) is 0 Å². The first-order valence-corrected chi connectivity index (χ1v) is 9.84. The van der Waals surface area contributed by atoms with Crippen molar-refractivity contribution in [2.24, 2.45) is 9.98 Å². The fourth-order valence-electron chi connectivity index (χ4n) is 3.84. The average Bonchev–Trinajstić information content (AvgIpc) is 2.87. The Balaban J connectivity index is 1.93. The summed E-state index contributed by atoms with van der Waals surface area (Å²) in [5.74, 6) is 0.734. The minimum atomic E-state index is -5.17. The third-order valence-corrected chi connectivity index (χ3v) is 5.52. The molecule has 0 aliphatic carbocycles. The van der Waals surface area contributed by atoms with E-state index in [0.29, 0.717) is 43.3 Å². The summed E-state index contributed by atoms with van der Waals surface area (Å²) in [6, 6.07) is 0.873. The van der Waals surface area contributed by atoms with Crippen LogP contribution in [0.15, 0.2) is 34.4 Å². The number of hydrogen-bond donors (Lipinski definition) is 0. The molecule has 1 atom stereocenters. The Morgan fingerprint density at radius 2 is 1.52 bits per heavy atom. The summed E-state index contributed by atoms with van der Waals surface area (Å²) in [6.07, 6.45) is -6.46. The van der Waals surface area contributed by atoms with E-state index in [4.69, 9.17) is 0 Å². The van der Waals surface area contributed by atoms with Crippen LogP contribution >= 0.6 is 0 Å². The number of hydrogen-bond acceptors (Lipinski definition) is 5. The van der Waals surface area contributed by atoms with E-state index in [2.05, 4.69) is 14.9 Å². The van der Waals surface area contributed by atoms with Crippen LogP contribution in [-0.4, -0.2) is 60.7 Å². The van der Waals surface area contributed by atoms with Crippen molar-refractivity contribution in [3.8, 4) is 0 Å². The minimum Gasteiger partial charge on any atom is -0.351 e.